The van der Waals surface area contributed by atoms with E-state index < -0.39 is 0 Å². The van der Waals surface area contributed by atoms with Crippen LogP contribution in [-0.4, -0.2) is 11.5 Å². The van der Waals surface area contributed by atoms with Gasteiger partial charge in [0.15, 0.2) is 0 Å². The topological polar surface area (TPSA) is 34.1 Å². The van der Waals surface area contributed by atoms with Crippen molar-refractivity contribution in [1.82, 2.24) is 10.3 Å². The highest BCUT2D eigenvalue weighted by Crippen LogP contribution is 2.27. The number of thiazole rings is 1. The highest BCUT2D eigenvalue weighted by molar-refractivity contribution is 9.10. The average Bonchev–Trinajstić information content (AvgIpc) is 2.84. The van der Waals surface area contributed by atoms with Gasteiger partial charge < -0.3 is 10.1 Å². The van der Waals surface area contributed by atoms with Crippen LogP contribution in [0.5, 0.6) is 5.75 Å². The Kier molecular flexibility index (Phi) is 6.01. The minimum atomic E-state index is 0.567. The Bertz CT molecular complexity index is 557. The zero-order chi connectivity index (χ0) is 14.4. The number of ether oxygens (including phenoxy) is 1. The van der Waals surface area contributed by atoms with Crippen molar-refractivity contribution in [3.63, 3.8) is 0 Å². The van der Waals surface area contributed by atoms with E-state index >= 15 is 0 Å². The molecule has 0 aliphatic carbocycles. The quantitative estimate of drug-likeness (QED) is 0.753. The summed E-state index contributed by atoms with van der Waals surface area (Å²) >= 11 is 5.24. The monoisotopic (exact) mass is 354 g/mol. The van der Waals surface area contributed by atoms with Crippen molar-refractivity contribution in [2.24, 2.45) is 0 Å². The lowest BCUT2D eigenvalue weighted by Gasteiger charge is -2.09. The van der Waals surface area contributed by atoms with Crippen LogP contribution in [0.25, 0.3) is 0 Å². The summed E-state index contributed by atoms with van der Waals surface area (Å²) in [5, 5.41) is 4.46. The maximum Gasteiger partial charge on any atom is 0.134 e. The highest BCUT2D eigenvalue weighted by Gasteiger charge is 2.05. The number of rotatable bonds is 7. The fraction of sp³-hybridized carbons (Fsp3) is 0.400. The van der Waals surface area contributed by atoms with Crippen LogP contribution in [0.3, 0.4) is 0 Å². The lowest BCUT2D eigenvalue weighted by Crippen LogP contribution is -2.13. The van der Waals surface area contributed by atoms with E-state index in [1.165, 1.54) is 5.56 Å². The van der Waals surface area contributed by atoms with Crippen LogP contribution in [-0.2, 0) is 13.2 Å². The number of hydrogen-bond donors (Lipinski definition) is 1. The van der Waals surface area contributed by atoms with Crippen molar-refractivity contribution in [3.8, 4) is 5.75 Å². The molecule has 0 amide bonds. The van der Waals surface area contributed by atoms with Crippen molar-refractivity contribution >= 4 is 27.3 Å². The Balaban J connectivity index is 1.92. The number of hydrogen-bond acceptors (Lipinski definition) is 4. The molecule has 1 aromatic carbocycles. The first-order valence-corrected chi connectivity index (χ1v) is 8.33. The van der Waals surface area contributed by atoms with Gasteiger partial charge in [-0.05, 0) is 53.5 Å². The molecule has 0 spiro atoms. The van der Waals surface area contributed by atoms with E-state index in [4.69, 9.17) is 4.74 Å². The number of aromatic nitrogens is 1. The minimum Gasteiger partial charge on any atom is -0.487 e. The van der Waals surface area contributed by atoms with Crippen molar-refractivity contribution in [2.45, 2.75) is 33.4 Å². The number of nitrogens with one attached hydrogen (secondary N) is 1. The van der Waals surface area contributed by atoms with E-state index in [2.05, 4.69) is 45.3 Å². The van der Waals surface area contributed by atoms with Gasteiger partial charge in [-0.15, -0.1) is 11.3 Å². The lowest BCUT2D eigenvalue weighted by molar-refractivity contribution is 0.307. The van der Waals surface area contributed by atoms with Gasteiger partial charge in [0.25, 0.3) is 0 Å². The Labute approximate surface area is 132 Å². The highest BCUT2D eigenvalue weighted by atomic mass is 79.9. The van der Waals surface area contributed by atoms with Gasteiger partial charge in [-0.1, -0.05) is 13.0 Å². The molecule has 0 fully saturated rings. The van der Waals surface area contributed by atoms with E-state index in [1.807, 2.05) is 19.2 Å². The predicted octanol–water partition coefficient (Wildman–Crippen LogP) is 4.29. The van der Waals surface area contributed by atoms with Crippen molar-refractivity contribution in [2.75, 3.05) is 6.54 Å². The molecule has 0 aliphatic rings. The smallest absolute Gasteiger partial charge is 0.134 e. The molecule has 108 valence electrons. The number of benzene rings is 1. The standard InChI is InChI=1S/C15H19BrN2OS/c1-3-6-17-8-12-4-5-15(14(16)7-12)19-10-13-9-18-11(2)20-13/h4-5,7,9,17H,3,6,8,10H2,1-2H3. The SMILES string of the molecule is CCCNCc1ccc(OCc2cnc(C)s2)c(Br)c1. The summed E-state index contributed by atoms with van der Waals surface area (Å²) in [5.74, 6) is 0.871. The van der Waals surface area contributed by atoms with Crippen LogP contribution in [0.1, 0.15) is 28.8 Å². The van der Waals surface area contributed by atoms with Crippen LogP contribution in [0, 0.1) is 6.92 Å². The fourth-order valence-electron chi connectivity index (χ4n) is 1.80. The minimum absolute atomic E-state index is 0.567. The summed E-state index contributed by atoms with van der Waals surface area (Å²) in [5.41, 5.74) is 1.26. The zero-order valence-electron chi connectivity index (χ0n) is 11.8. The summed E-state index contributed by atoms with van der Waals surface area (Å²) in [6.45, 7) is 6.67. The van der Waals surface area contributed by atoms with Gasteiger partial charge in [0, 0.05) is 12.7 Å². The molecular weight excluding hydrogens is 336 g/mol. The summed E-state index contributed by atoms with van der Waals surface area (Å²) in [6.07, 6.45) is 3.02. The lowest BCUT2D eigenvalue weighted by atomic mass is 10.2. The van der Waals surface area contributed by atoms with Crippen LogP contribution >= 0.6 is 27.3 Å². The van der Waals surface area contributed by atoms with Crippen LogP contribution in [0.4, 0.5) is 0 Å². The van der Waals surface area contributed by atoms with Crippen molar-refractivity contribution < 1.29 is 4.74 Å². The van der Waals surface area contributed by atoms with Gasteiger partial charge in [-0.3, -0.25) is 0 Å². The Hall–Kier alpha value is -0.910. The molecular formula is C15H19BrN2OS. The van der Waals surface area contributed by atoms with Crippen LogP contribution < -0.4 is 10.1 Å². The van der Waals surface area contributed by atoms with Gasteiger partial charge in [-0.25, -0.2) is 4.98 Å². The van der Waals surface area contributed by atoms with Gasteiger partial charge in [0.1, 0.15) is 12.4 Å². The van der Waals surface area contributed by atoms with Crippen molar-refractivity contribution in [3.05, 3.63) is 44.3 Å². The average molecular weight is 355 g/mol. The molecule has 1 aromatic heterocycles. The van der Waals surface area contributed by atoms with E-state index in [9.17, 15) is 0 Å². The van der Waals surface area contributed by atoms with Crippen molar-refractivity contribution in [1.29, 1.82) is 0 Å². The molecule has 1 heterocycles. The van der Waals surface area contributed by atoms with Gasteiger partial charge in [0.05, 0.1) is 14.4 Å². The molecule has 0 aliphatic heterocycles. The number of halogens is 1. The van der Waals surface area contributed by atoms with Gasteiger partial charge in [0.2, 0.25) is 0 Å². The Morgan fingerprint density at radius 1 is 1.40 bits per heavy atom. The predicted molar refractivity (Wildman–Crippen MR) is 87.3 cm³/mol. The summed E-state index contributed by atoms with van der Waals surface area (Å²) in [6, 6.07) is 6.22. The molecule has 0 bridgehead atoms. The van der Waals surface area contributed by atoms with E-state index in [0.717, 1.165) is 39.6 Å². The normalized spacial score (nSPS) is 10.8. The second kappa shape index (κ2) is 7.76. The molecule has 2 aromatic rings. The van der Waals surface area contributed by atoms with Crippen LogP contribution in [0.2, 0.25) is 0 Å². The molecule has 20 heavy (non-hydrogen) atoms. The maximum atomic E-state index is 5.82. The molecule has 3 nitrogen and oxygen atoms in total. The van der Waals surface area contributed by atoms with Gasteiger partial charge in [-0.2, -0.15) is 0 Å². The second-order valence-corrected chi connectivity index (χ2v) is 6.75. The largest absolute Gasteiger partial charge is 0.487 e. The van der Waals surface area contributed by atoms with Crippen LogP contribution in [0.15, 0.2) is 28.9 Å². The Morgan fingerprint density at radius 2 is 2.25 bits per heavy atom. The molecule has 0 saturated carbocycles. The third-order valence-corrected chi connectivity index (χ3v) is 4.30. The number of aryl methyl sites for hydroxylation is 1. The molecule has 2 rings (SSSR count). The molecule has 5 heteroatoms. The van der Waals surface area contributed by atoms with Gasteiger partial charge >= 0.3 is 0 Å². The third kappa shape index (κ3) is 4.58. The first-order chi connectivity index (χ1) is 9.69. The van der Waals surface area contributed by atoms with E-state index in [0.29, 0.717) is 6.61 Å². The molecule has 1 N–H and O–H groups in total. The molecule has 0 radical (unpaired) electrons. The van der Waals surface area contributed by atoms with E-state index in [-0.39, 0.29) is 0 Å². The first-order valence-electron chi connectivity index (χ1n) is 6.72. The number of nitrogens with zero attached hydrogens (tertiary/aromatic N) is 1. The maximum absolute atomic E-state index is 5.82. The van der Waals surface area contributed by atoms with E-state index in [1.54, 1.807) is 11.3 Å². The zero-order valence-corrected chi connectivity index (χ0v) is 14.2. The first kappa shape index (κ1) is 15.5. The molecule has 0 atom stereocenters. The molecule has 0 unspecified atom stereocenters. The molecule has 0 saturated heterocycles. The second-order valence-electron chi connectivity index (χ2n) is 4.58. The third-order valence-electron chi connectivity index (χ3n) is 2.79. The summed E-state index contributed by atoms with van der Waals surface area (Å²) < 4.78 is 6.81. The fourth-order valence-corrected chi connectivity index (χ4v) is 3.05. The summed E-state index contributed by atoms with van der Waals surface area (Å²) in [7, 11) is 0. The Morgan fingerprint density at radius 3 is 2.90 bits per heavy atom. The summed E-state index contributed by atoms with van der Waals surface area (Å²) in [4.78, 5) is 5.37.